The summed E-state index contributed by atoms with van der Waals surface area (Å²) in [5.41, 5.74) is 1.85. The number of hydrogen-bond donors (Lipinski definition) is 1. The zero-order valence-electron chi connectivity index (χ0n) is 20.3. The average molecular weight is 493 g/mol. The van der Waals surface area contributed by atoms with Crippen LogP contribution in [-0.2, 0) is 16.1 Å². The molecule has 2 fully saturated rings. The second kappa shape index (κ2) is 10.5. The highest BCUT2D eigenvalue weighted by Crippen LogP contribution is 2.34. The molecule has 1 aromatic heterocycles. The van der Waals surface area contributed by atoms with Gasteiger partial charge in [-0.05, 0) is 54.5 Å². The Hall–Kier alpha value is -2.64. The van der Waals surface area contributed by atoms with Crippen LogP contribution in [0.15, 0.2) is 46.9 Å². The van der Waals surface area contributed by atoms with E-state index in [1.165, 1.54) is 5.39 Å². The van der Waals surface area contributed by atoms with Gasteiger partial charge in [0.2, 0.25) is 11.8 Å². The standard InChI is InChI=1S/C28H32N2O4S/c1-17(2)25-23(29-27(34-25)21-12-11-19-7-3-4-8-20(19)15-21)16-33-22-9-5-6-18(14-22)10-13-24-26(31)30-28(32)35-24/h3-4,7-8,11-12,15,17-18,22,24H,5-6,9-10,13-14,16H2,1-2H3,(H,30,31,32)/t18-,22-,24?/m0/s1. The maximum atomic E-state index is 11.8. The smallest absolute Gasteiger partial charge is 0.286 e. The monoisotopic (exact) mass is 492 g/mol. The van der Waals surface area contributed by atoms with Crippen molar-refractivity contribution in [2.75, 3.05) is 0 Å². The summed E-state index contributed by atoms with van der Waals surface area (Å²) < 4.78 is 12.6. The minimum absolute atomic E-state index is 0.141. The van der Waals surface area contributed by atoms with Gasteiger partial charge >= 0.3 is 0 Å². The number of hydrogen-bond acceptors (Lipinski definition) is 6. The first-order valence-electron chi connectivity index (χ1n) is 12.6. The van der Waals surface area contributed by atoms with Crippen molar-refractivity contribution in [3.05, 3.63) is 53.9 Å². The third-order valence-electron chi connectivity index (χ3n) is 7.04. The number of benzene rings is 2. The summed E-state index contributed by atoms with van der Waals surface area (Å²) in [4.78, 5) is 28.1. The average Bonchev–Trinajstić information content (AvgIpc) is 3.44. The van der Waals surface area contributed by atoms with Crippen molar-refractivity contribution in [1.29, 1.82) is 0 Å². The second-order valence-electron chi connectivity index (χ2n) is 9.97. The van der Waals surface area contributed by atoms with E-state index >= 15 is 0 Å². The lowest BCUT2D eigenvalue weighted by atomic mass is 9.84. The number of aromatic nitrogens is 1. The van der Waals surface area contributed by atoms with Crippen molar-refractivity contribution in [2.45, 2.75) is 76.3 Å². The summed E-state index contributed by atoms with van der Waals surface area (Å²) in [5, 5.41) is 4.29. The molecule has 0 radical (unpaired) electrons. The first-order chi connectivity index (χ1) is 17.0. The summed E-state index contributed by atoms with van der Waals surface area (Å²) in [6.45, 7) is 4.68. The van der Waals surface area contributed by atoms with Gasteiger partial charge in [0.15, 0.2) is 0 Å². The van der Waals surface area contributed by atoms with Crippen LogP contribution in [0.1, 0.15) is 69.7 Å². The molecule has 1 N–H and O–H groups in total. The van der Waals surface area contributed by atoms with Gasteiger partial charge in [0.1, 0.15) is 11.5 Å². The Morgan fingerprint density at radius 1 is 1.11 bits per heavy atom. The Balaban J connectivity index is 1.22. The van der Waals surface area contributed by atoms with Gasteiger partial charge in [-0.1, -0.05) is 68.8 Å². The van der Waals surface area contributed by atoms with E-state index in [0.29, 0.717) is 18.4 Å². The van der Waals surface area contributed by atoms with E-state index in [1.54, 1.807) is 0 Å². The molecule has 1 saturated carbocycles. The molecule has 6 nitrogen and oxygen atoms in total. The minimum atomic E-state index is -0.235. The number of carbonyl (C=O) groups is 2. The largest absolute Gasteiger partial charge is 0.441 e. The van der Waals surface area contributed by atoms with Gasteiger partial charge in [-0.2, -0.15) is 0 Å². The number of carbonyl (C=O) groups excluding carboxylic acids is 2. The van der Waals surface area contributed by atoms with E-state index in [-0.39, 0.29) is 28.4 Å². The molecule has 2 amide bonds. The van der Waals surface area contributed by atoms with Crippen molar-refractivity contribution in [2.24, 2.45) is 5.92 Å². The molecule has 1 aliphatic heterocycles. The van der Waals surface area contributed by atoms with Gasteiger partial charge in [-0.3, -0.25) is 14.9 Å². The molecule has 1 aliphatic carbocycles. The van der Waals surface area contributed by atoms with Crippen molar-refractivity contribution in [1.82, 2.24) is 10.3 Å². The summed E-state index contributed by atoms with van der Waals surface area (Å²) >= 11 is 1.13. The lowest BCUT2D eigenvalue weighted by Crippen LogP contribution is -2.26. The maximum absolute atomic E-state index is 11.8. The van der Waals surface area contributed by atoms with Crippen LogP contribution >= 0.6 is 11.8 Å². The molecule has 1 saturated heterocycles. The first-order valence-corrected chi connectivity index (χ1v) is 13.5. The number of oxazole rings is 1. The number of nitrogens with zero attached hydrogens (tertiary/aromatic N) is 1. The van der Waals surface area contributed by atoms with Crippen LogP contribution < -0.4 is 5.32 Å². The van der Waals surface area contributed by atoms with E-state index in [9.17, 15) is 9.59 Å². The molecular formula is C28H32N2O4S. The van der Waals surface area contributed by atoms with Crippen molar-refractivity contribution < 1.29 is 18.7 Å². The highest BCUT2D eigenvalue weighted by Gasteiger charge is 2.32. The number of amides is 2. The Morgan fingerprint density at radius 3 is 2.71 bits per heavy atom. The lowest BCUT2D eigenvalue weighted by molar-refractivity contribution is -0.119. The lowest BCUT2D eigenvalue weighted by Gasteiger charge is -2.29. The second-order valence-corrected chi connectivity index (χ2v) is 11.1. The van der Waals surface area contributed by atoms with Crippen LogP contribution in [0.3, 0.4) is 0 Å². The molecule has 184 valence electrons. The number of nitrogens with one attached hydrogen (secondary N) is 1. The Morgan fingerprint density at radius 2 is 1.94 bits per heavy atom. The molecule has 2 aromatic carbocycles. The summed E-state index contributed by atoms with van der Waals surface area (Å²) in [6, 6.07) is 14.6. The first kappa shape index (κ1) is 24.1. The summed E-state index contributed by atoms with van der Waals surface area (Å²) in [5.74, 6) is 2.12. The van der Waals surface area contributed by atoms with E-state index in [0.717, 1.165) is 72.7 Å². The zero-order chi connectivity index (χ0) is 24.4. The Bertz CT molecular complexity index is 1220. The van der Waals surface area contributed by atoms with Crippen molar-refractivity contribution in [3.63, 3.8) is 0 Å². The summed E-state index contributed by atoms with van der Waals surface area (Å²) in [7, 11) is 0. The maximum Gasteiger partial charge on any atom is 0.286 e. The number of imide groups is 1. The highest BCUT2D eigenvalue weighted by molar-refractivity contribution is 8.15. The molecule has 35 heavy (non-hydrogen) atoms. The SMILES string of the molecule is CC(C)c1oc(-c2ccc3ccccc3c2)nc1CO[C@H]1CCC[C@@H](CCC2SC(=O)NC2=O)C1. The van der Waals surface area contributed by atoms with Gasteiger partial charge in [-0.25, -0.2) is 4.98 Å². The van der Waals surface area contributed by atoms with Gasteiger partial charge in [0.05, 0.1) is 18.0 Å². The fourth-order valence-electron chi connectivity index (χ4n) is 5.19. The van der Waals surface area contributed by atoms with E-state index in [2.05, 4.69) is 49.5 Å². The van der Waals surface area contributed by atoms with Gasteiger partial charge in [0.25, 0.3) is 5.24 Å². The number of thioether (sulfide) groups is 1. The Kier molecular flexibility index (Phi) is 7.25. The number of fused-ring (bicyclic) bond motifs is 1. The molecule has 1 unspecified atom stereocenters. The minimum Gasteiger partial charge on any atom is -0.441 e. The molecule has 2 aliphatic rings. The predicted octanol–water partition coefficient (Wildman–Crippen LogP) is 6.83. The third kappa shape index (κ3) is 5.62. The molecular weight excluding hydrogens is 460 g/mol. The van der Waals surface area contributed by atoms with Crippen LogP contribution in [0.2, 0.25) is 0 Å². The van der Waals surface area contributed by atoms with Crippen molar-refractivity contribution >= 4 is 33.7 Å². The van der Waals surface area contributed by atoms with Crippen LogP contribution in [0, 0.1) is 5.92 Å². The van der Waals surface area contributed by atoms with Gasteiger partial charge in [0, 0.05) is 11.5 Å². The molecule has 3 aromatic rings. The van der Waals surface area contributed by atoms with Crippen molar-refractivity contribution in [3.8, 4) is 11.5 Å². The summed E-state index contributed by atoms with van der Waals surface area (Å²) in [6.07, 6.45) is 6.18. The molecule has 0 spiro atoms. The molecule has 7 heteroatoms. The topological polar surface area (TPSA) is 81.4 Å². The fraction of sp³-hybridized carbons (Fsp3) is 0.464. The molecule has 2 heterocycles. The molecule has 5 rings (SSSR count). The van der Waals surface area contributed by atoms with Crippen LogP contribution in [0.4, 0.5) is 4.79 Å². The number of rotatable bonds is 8. The number of ether oxygens (including phenoxy) is 1. The van der Waals surface area contributed by atoms with Crippen LogP contribution in [0.25, 0.3) is 22.2 Å². The molecule has 0 bridgehead atoms. The molecule has 3 atom stereocenters. The normalized spacial score (nSPS) is 22.8. The van der Waals surface area contributed by atoms with E-state index in [4.69, 9.17) is 14.1 Å². The Labute approximate surface area is 210 Å². The highest BCUT2D eigenvalue weighted by atomic mass is 32.2. The van der Waals surface area contributed by atoms with E-state index < -0.39 is 0 Å². The van der Waals surface area contributed by atoms with E-state index in [1.807, 2.05) is 12.1 Å². The van der Waals surface area contributed by atoms with Crippen LogP contribution in [0.5, 0.6) is 0 Å². The van der Waals surface area contributed by atoms with Crippen LogP contribution in [-0.4, -0.2) is 27.5 Å². The zero-order valence-corrected chi connectivity index (χ0v) is 21.1. The predicted molar refractivity (Wildman–Crippen MR) is 138 cm³/mol. The van der Waals surface area contributed by atoms with Gasteiger partial charge in [-0.15, -0.1) is 0 Å². The fourth-order valence-corrected chi connectivity index (χ4v) is 6.02. The third-order valence-corrected chi connectivity index (χ3v) is 8.09. The van der Waals surface area contributed by atoms with Gasteiger partial charge < -0.3 is 9.15 Å². The quantitative estimate of drug-likeness (QED) is 0.371.